The molecule has 1 unspecified atom stereocenters. The number of Topliss-reactive ketones (excluding diaryl/α,β-unsaturated/α-hetero) is 1. The number of nitrogens with zero attached hydrogens (tertiary/aromatic N) is 1. The Morgan fingerprint density at radius 2 is 1.91 bits per heavy atom. The molecule has 0 spiro atoms. The number of benzene rings is 2. The van der Waals surface area contributed by atoms with Crippen molar-refractivity contribution in [2.45, 2.75) is 40.2 Å². The highest BCUT2D eigenvalue weighted by atomic mass is 35.5. The van der Waals surface area contributed by atoms with E-state index in [0.29, 0.717) is 42.4 Å². The Bertz CT molecular complexity index is 1080. The molecule has 6 nitrogen and oxygen atoms in total. The second-order valence-electron chi connectivity index (χ2n) is 8.39. The smallest absolute Gasteiger partial charge is 0.295 e. The summed E-state index contributed by atoms with van der Waals surface area (Å²) in [5.74, 6) is -0.706. The fraction of sp³-hybridized carbons (Fsp3) is 0.360. The van der Waals surface area contributed by atoms with Crippen LogP contribution in [0.25, 0.3) is 5.76 Å². The normalized spacial score (nSPS) is 17.9. The average molecular weight is 458 g/mol. The van der Waals surface area contributed by atoms with Crippen LogP contribution in [0.2, 0.25) is 5.02 Å². The Hall–Kier alpha value is -2.99. The van der Waals surface area contributed by atoms with Crippen molar-refractivity contribution in [3.05, 3.63) is 63.7 Å². The van der Waals surface area contributed by atoms with E-state index in [1.165, 1.54) is 17.0 Å². The summed E-state index contributed by atoms with van der Waals surface area (Å²) in [6.45, 7) is 8.78. The monoisotopic (exact) mass is 457 g/mol. The standard InChI is InChI=1S/C25H28ClNO5/c1-5-10-27-22(16-6-8-19(28)18(26)12-16)21(24(30)25(27)31)23(29)17-7-9-20(15(4)11-17)32-13-14(2)3/h6-9,11-12,14,22,28-29H,5,10,13H2,1-4H3/b23-21-. The van der Waals surface area contributed by atoms with Crippen LogP contribution in [-0.2, 0) is 9.59 Å². The molecule has 1 heterocycles. The molecule has 0 bridgehead atoms. The van der Waals surface area contributed by atoms with Gasteiger partial charge in [0.25, 0.3) is 11.7 Å². The zero-order valence-corrected chi connectivity index (χ0v) is 19.4. The summed E-state index contributed by atoms with van der Waals surface area (Å²) in [5.41, 5.74) is 1.77. The maximum Gasteiger partial charge on any atom is 0.295 e. The topological polar surface area (TPSA) is 87.1 Å². The van der Waals surface area contributed by atoms with Crippen LogP contribution in [0.15, 0.2) is 42.0 Å². The summed E-state index contributed by atoms with van der Waals surface area (Å²) in [5, 5.41) is 21.0. The zero-order valence-electron chi connectivity index (χ0n) is 18.7. The molecule has 32 heavy (non-hydrogen) atoms. The van der Waals surface area contributed by atoms with Crippen molar-refractivity contribution in [3.63, 3.8) is 0 Å². The Morgan fingerprint density at radius 3 is 2.50 bits per heavy atom. The Balaban J connectivity index is 2.10. The van der Waals surface area contributed by atoms with Crippen molar-refractivity contribution in [1.29, 1.82) is 0 Å². The van der Waals surface area contributed by atoms with Crippen molar-refractivity contribution in [1.82, 2.24) is 4.90 Å². The number of aromatic hydroxyl groups is 1. The average Bonchev–Trinajstić information content (AvgIpc) is 2.99. The van der Waals surface area contributed by atoms with Crippen LogP contribution < -0.4 is 4.74 Å². The number of carbonyl (C=O) groups is 2. The van der Waals surface area contributed by atoms with Crippen LogP contribution in [0, 0.1) is 12.8 Å². The summed E-state index contributed by atoms with van der Waals surface area (Å²) in [6, 6.07) is 8.88. The largest absolute Gasteiger partial charge is 0.507 e. The molecule has 3 rings (SSSR count). The number of aryl methyl sites for hydroxylation is 1. The van der Waals surface area contributed by atoms with Gasteiger partial charge in [-0.2, -0.15) is 0 Å². The van der Waals surface area contributed by atoms with Gasteiger partial charge in [-0.15, -0.1) is 0 Å². The van der Waals surface area contributed by atoms with Gasteiger partial charge in [-0.05, 0) is 60.7 Å². The van der Waals surface area contributed by atoms with Gasteiger partial charge in [0.2, 0.25) is 0 Å². The number of aliphatic hydroxyl groups excluding tert-OH is 1. The van der Waals surface area contributed by atoms with E-state index in [0.717, 1.165) is 5.56 Å². The fourth-order valence-corrected chi connectivity index (χ4v) is 3.95. The van der Waals surface area contributed by atoms with E-state index in [2.05, 4.69) is 13.8 Å². The molecule has 1 aliphatic heterocycles. The molecule has 170 valence electrons. The van der Waals surface area contributed by atoms with Crippen molar-refractivity contribution in [2.24, 2.45) is 5.92 Å². The molecule has 0 aliphatic carbocycles. The minimum Gasteiger partial charge on any atom is -0.507 e. The predicted octanol–water partition coefficient (Wildman–Crippen LogP) is 5.22. The van der Waals surface area contributed by atoms with Gasteiger partial charge in [0.15, 0.2) is 0 Å². The minimum absolute atomic E-state index is 0.000422. The maximum absolute atomic E-state index is 13.0. The lowest BCUT2D eigenvalue weighted by Gasteiger charge is -2.25. The second-order valence-corrected chi connectivity index (χ2v) is 8.80. The Kier molecular flexibility index (Phi) is 7.14. The van der Waals surface area contributed by atoms with Crippen LogP contribution in [0.1, 0.15) is 49.9 Å². The minimum atomic E-state index is -0.801. The molecule has 0 saturated carbocycles. The number of halogens is 1. The number of phenolic OH excluding ortho intramolecular Hbond substituents is 1. The summed E-state index contributed by atoms with van der Waals surface area (Å²) in [7, 11) is 0. The van der Waals surface area contributed by atoms with Crippen LogP contribution in [0.5, 0.6) is 11.5 Å². The molecule has 1 saturated heterocycles. The maximum atomic E-state index is 13.0. The van der Waals surface area contributed by atoms with Crippen molar-refractivity contribution in [3.8, 4) is 11.5 Å². The first-order valence-electron chi connectivity index (χ1n) is 10.7. The zero-order chi connectivity index (χ0) is 23.6. The highest BCUT2D eigenvalue weighted by molar-refractivity contribution is 6.46. The van der Waals surface area contributed by atoms with Crippen molar-refractivity contribution >= 4 is 29.1 Å². The number of hydrogen-bond donors (Lipinski definition) is 2. The van der Waals surface area contributed by atoms with E-state index in [1.807, 2.05) is 13.8 Å². The third-order valence-electron chi connectivity index (χ3n) is 5.31. The molecule has 0 aromatic heterocycles. The number of rotatable bonds is 7. The highest BCUT2D eigenvalue weighted by Gasteiger charge is 2.45. The van der Waals surface area contributed by atoms with Gasteiger partial charge in [0.1, 0.15) is 17.3 Å². The summed E-state index contributed by atoms with van der Waals surface area (Å²) in [4.78, 5) is 27.2. The molecule has 2 N–H and O–H groups in total. The summed E-state index contributed by atoms with van der Waals surface area (Å²) >= 11 is 6.09. The van der Waals surface area contributed by atoms with Gasteiger partial charge in [-0.25, -0.2) is 0 Å². The lowest BCUT2D eigenvalue weighted by atomic mass is 9.94. The molecule has 1 aliphatic rings. The van der Waals surface area contributed by atoms with E-state index in [-0.39, 0.29) is 22.1 Å². The van der Waals surface area contributed by atoms with E-state index in [4.69, 9.17) is 16.3 Å². The number of phenols is 1. The van der Waals surface area contributed by atoms with E-state index in [1.54, 1.807) is 24.3 Å². The lowest BCUT2D eigenvalue weighted by molar-refractivity contribution is -0.139. The third-order valence-corrected chi connectivity index (χ3v) is 5.62. The summed E-state index contributed by atoms with van der Waals surface area (Å²) in [6.07, 6.45) is 0.635. The van der Waals surface area contributed by atoms with E-state index >= 15 is 0 Å². The number of likely N-dealkylation sites (tertiary alicyclic amines) is 1. The summed E-state index contributed by atoms with van der Waals surface area (Å²) < 4.78 is 5.80. The van der Waals surface area contributed by atoms with Gasteiger partial charge in [-0.1, -0.05) is 38.4 Å². The molecule has 1 atom stereocenters. The molecule has 2 aromatic rings. The van der Waals surface area contributed by atoms with Gasteiger partial charge < -0.3 is 19.8 Å². The first-order chi connectivity index (χ1) is 15.1. The number of ether oxygens (including phenoxy) is 1. The molecule has 7 heteroatoms. The molecular formula is C25H28ClNO5. The van der Waals surface area contributed by atoms with E-state index < -0.39 is 17.7 Å². The molecule has 1 amide bonds. The second kappa shape index (κ2) is 9.65. The highest BCUT2D eigenvalue weighted by Crippen LogP contribution is 2.41. The van der Waals surface area contributed by atoms with Gasteiger partial charge in [-0.3, -0.25) is 9.59 Å². The number of ketones is 1. The molecule has 0 radical (unpaired) electrons. The van der Waals surface area contributed by atoms with Crippen molar-refractivity contribution < 1.29 is 24.5 Å². The van der Waals surface area contributed by atoms with Crippen LogP contribution in [0.3, 0.4) is 0 Å². The van der Waals surface area contributed by atoms with Gasteiger partial charge >= 0.3 is 0 Å². The fourth-order valence-electron chi connectivity index (χ4n) is 3.76. The van der Waals surface area contributed by atoms with Crippen LogP contribution in [-0.4, -0.2) is 40.0 Å². The predicted molar refractivity (Wildman–Crippen MR) is 124 cm³/mol. The van der Waals surface area contributed by atoms with Crippen molar-refractivity contribution in [2.75, 3.05) is 13.2 Å². The Morgan fingerprint density at radius 1 is 1.19 bits per heavy atom. The van der Waals surface area contributed by atoms with E-state index in [9.17, 15) is 19.8 Å². The van der Waals surface area contributed by atoms with Gasteiger partial charge in [0, 0.05) is 12.1 Å². The van der Waals surface area contributed by atoms with Crippen LogP contribution >= 0.6 is 11.6 Å². The Labute approximate surface area is 193 Å². The number of amides is 1. The number of aliphatic hydroxyl groups is 1. The third kappa shape index (κ3) is 4.60. The number of carbonyl (C=O) groups excluding carboxylic acids is 2. The SMILES string of the molecule is CCCN1C(=O)C(=O)/C(=C(\O)c2ccc(OCC(C)C)c(C)c2)C1c1ccc(O)c(Cl)c1. The molecule has 1 fully saturated rings. The lowest BCUT2D eigenvalue weighted by Crippen LogP contribution is -2.30. The first-order valence-corrected chi connectivity index (χ1v) is 11.0. The molecule has 2 aromatic carbocycles. The van der Waals surface area contributed by atoms with Gasteiger partial charge in [0.05, 0.1) is 23.2 Å². The molecular weight excluding hydrogens is 430 g/mol. The van der Waals surface area contributed by atoms with Crippen LogP contribution in [0.4, 0.5) is 0 Å². The quantitative estimate of drug-likeness (QED) is 0.338. The first kappa shape index (κ1) is 23.7. The number of hydrogen-bond acceptors (Lipinski definition) is 5.